The molecule has 4 N–H and O–H groups in total. The quantitative estimate of drug-likeness (QED) is 0.588. The Balaban J connectivity index is 2.31. The highest BCUT2D eigenvalue weighted by atomic mass is 16.2. The van der Waals surface area contributed by atoms with E-state index < -0.39 is 6.04 Å². The van der Waals surface area contributed by atoms with E-state index in [2.05, 4.69) is 10.6 Å². The summed E-state index contributed by atoms with van der Waals surface area (Å²) in [7, 11) is 1.48. The van der Waals surface area contributed by atoms with E-state index in [1.807, 2.05) is 0 Å². The fraction of sp³-hybridized carbons (Fsp3) is 0.375. The van der Waals surface area contributed by atoms with Crippen LogP contribution in [-0.2, 0) is 20.9 Å². The minimum atomic E-state index is -0.738. The molecule has 1 aromatic carbocycles. The smallest absolute Gasteiger partial charge is 0.255 e. The van der Waals surface area contributed by atoms with Crippen molar-refractivity contribution in [2.24, 2.45) is 5.73 Å². The van der Waals surface area contributed by atoms with Gasteiger partial charge in [-0.1, -0.05) is 6.07 Å². The number of anilines is 1. The Morgan fingerprint density at radius 1 is 1.42 bits per heavy atom. The van der Waals surface area contributed by atoms with E-state index in [-0.39, 0.29) is 43.7 Å². The summed E-state index contributed by atoms with van der Waals surface area (Å²) in [6.07, 6.45) is 1.14. The molecule has 0 fully saturated rings. The van der Waals surface area contributed by atoms with Gasteiger partial charge in [0.2, 0.25) is 11.8 Å². The van der Waals surface area contributed by atoms with E-state index in [1.165, 1.54) is 11.9 Å². The topological polar surface area (TPSA) is 122 Å². The third-order valence-corrected chi connectivity index (χ3v) is 3.94. The summed E-state index contributed by atoms with van der Waals surface area (Å²) < 4.78 is 0. The molecule has 1 unspecified atom stereocenters. The molecule has 0 radical (unpaired) electrons. The van der Waals surface area contributed by atoms with Crippen molar-refractivity contribution < 1.29 is 19.2 Å². The van der Waals surface area contributed by atoms with Crippen LogP contribution in [0.5, 0.6) is 0 Å². The molecule has 1 heterocycles. The summed E-state index contributed by atoms with van der Waals surface area (Å²) in [5, 5.41) is 5.18. The second kappa shape index (κ2) is 7.69. The Bertz CT molecular complexity index is 674. The number of aldehydes is 1. The molecule has 0 saturated heterocycles. The maximum absolute atomic E-state index is 12.6. The molecule has 1 aliphatic rings. The van der Waals surface area contributed by atoms with E-state index in [9.17, 15) is 19.2 Å². The van der Waals surface area contributed by atoms with Gasteiger partial charge >= 0.3 is 0 Å². The van der Waals surface area contributed by atoms with Crippen LogP contribution in [-0.4, -0.2) is 48.5 Å². The second-order valence-corrected chi connectivity index (χ2v) is 5.39. The van der Waals surface area contributed by atoms with Gasteiger partial charge < -0.3 is 26.1 Å². The first-order valence-electron chi connectivity index (χ1n) is 7.61. The van der Waals surface area contributed by atoms with Crippen molar-refractivity contribution in [1.82, 2.24) is 10.2 Å². The number of nitrogens with one attached hydrogen (secondary N) is 2. The largest absolute Gasteiger partial charge is 0.357 e. The number of benzene rings is 1. The van der Waals surface area contributed by atoms with Gasteiger partial charge in [-0.2, -0.15) is 0 Å². The van der Waals surface area contributed by atoms with Crippen LogP contribution in [0.1, 0.15) is 28.8 Å². The summed E-state index contributed by atoms with van der Waals surface area (Å²) in [6.45, 7) is 0.0215. The lowest BCUT2D eigenvalue weighted by Crippen LogP contribution is -2.46. The lowest BCUT2D eigenvalue weighted by molar-refractivity contribution is -0.125. The fourth-order valence-electron chi connectivity index (χ4n) is 2.75. The van der Waals surface area contributed by atoms with Crippen LogP contribution in [0, 0.1) is 0 Å². The average Bonchev–Trinajstić information content (AvgIpc) is 2.93. The van der Waals surface area contributed by atoms with Gasteiger partial charge in [0, 0.05) is 36.8 Å². The maximum Gasteiger partial charge on any atom is 0.255 e. The summed E-state index contributed by atoms with van der Waals surface area (Å²) in [5.41, 5.74) is 6.89. The number of amides is 3. The van der Waals surface area contributed by atoms with Crippen molar-refractivity contribution in [2.45, 2.75) is 25.4 Å². The van der Waals surface area contributed by atoms with Crippen molar-refractivity contribution in [3.8, 4) is 0 Å². The molecule has 0 aliphatic carbocycles. The van der Waals surface area contributed by atoms with Crippen molar-refractivity contribution in [3.63, 3.8) is 0 Å². The highest BCUT2D eigenvalue weighted by Crippen LogP contribution is 2.31. The molecule has 2 rings (SSSR count). The fourth-order valence-corrected chi connectivity index (χ4v) is 2.75. The summed E-state index contributed by atoms with van der Waals surface area (Å²) in [5.74, 6) is -0.989. The molecule has 0 saturated carbocycles. The summed E-state index contributed by atoms with van der Waals surface area (Å²) in [6, 6.07) is 4.25. The summed E-state index contributed by atoms with van der Waals surface area (Å²) in [4.78, 5) is 48.4. The van der Waals surface area contributed by atoms with Crippen LogP contribution >= 0.6 is 0 Å². The van der Waals surface area contributed by atoms with Gasteiger partial charge in [0.05, 0.1) is 6.54 Å². The number of nitrogens with two attached hydrogens (primary N) is 1. The van der Waals surface area contributed by atoms with E-state index in [0.717, 1.165) is 6.29 Å². The molecular weight excluding hydrogens is 312 g/mol. The Morgan fingerprint density at radius 3 is 2.79 bits per heavy atom. The number of nitrogens with zero attached hydrogens (tertiary/aromatic N) is 1. The Hall–Kier alpha value is -2.74. The number of hydrogen-bond acceptors (Lipinski definition) is 5. The Kier molecular flexibility index (Phi) is 5.64. The number of likely N-dealkylation sites (N-methyl/N-ethyl adjacent to an activating group) is 1. The Morgan fingerprint density at radius 2 is 2.17 bits per heavy atom. The van der Waals surface area contributed by atoms with Crippen molar-refractivity contribution in [1.29, 1.82) is 0 Å². The highest BCUT2D eigenvalue weighted by Gasteiger charge is 2.36. The van der Waals surface area contributed by atoms with Crippen LogP contribution in [0.15, 0.2) is 18.2 Å². The molecule has 128 valence electrons. The summed E-state index contributed by atoms with van der Waals surface area (Å²) >= 11 is 0. The molecule has 0 aromatic heterocycles. The first-order chi connectivity index (χ1) is 11.5. The van der Waals surface area contributed by atoms with E-state index in [4.69, 9.17) is 5.73 Å². The third kappa shape index (κ3) is 3.43. The molecule has 0 spiro atoms. The van der Waals surface area contributed by atoms with Gasteiger partial charge in [-0.3, -0.25) is 14.4 Å². The van der Waals surface area contributed by atoms with Gasteiger partial charge in [0.1, 0.15) is 12.3 Å². The van der Waals surface area contributed by atoms with Crippen LogP contribution in [0.4, 0.5) is 5.69 Å². The van der Waals surface area contributed by atoms with Crippen LogP contribution in [0.2, 0.25) is 0 Å². The molecule has 1 atom stereocenters. The van der Waals surface area contributed by atoms with Gasteiger partial charge in [-0.15, -0.1) is 0 Å². The van der Waals surface area contributed by atoms with Crippen LogP contribution in [0.25, 0.3) is 0 Å². The SMILES string of the molecule is CNC(=O)C(CCC=O)N1Cc2c(NC(=O)CN)cccc2C1=O. The standard InChI is InChI=1S/C16H20N4O4/c1-18-15(23)13(6-3-7-21)20-9-11-10(16(20)24)4-2-5-12(11)19-14(22)8-17/h2,4-5,7,13H,3,6,8-9,17H2,1H3,(H,18,23)(H,19,22). The predicted molar refractivity (Wildman–Crippen MR) is 87.2 cm³/mol. The van der Waals surface area contributed by atoms with Gasteiger partial charge in [0.15, 0.2) is 0 Å². The average molecular weight is 332 g/mol. The van der Waals surface area contributed by atoms with Crippen LogP contribution < -0.4 is 16.4 Å². The zero-order valence-corrected chi connectivity index (χ0v) is 13.4. The zero-order chi connectivity index (χ0) is 17.7. The number of carbonyl (C=O) groups excluding carboxylic acids is 4. The van der Waals surface area contributed by atoms with Gasteiger partial charge in [-0.25, -0.2) is 0 Å². The molecule has 3 amide bonds. The number of fused-ring (bicyclic) bond motifs is 1. The molecular formula is C16H20N4O4. The molecule has 24 heavy (non-hydrogen) atoms. The second-order valence-electron chi connectivity index (χ2n) is 5.39. The van der Waals surface area contributed by atoms with Crippen molar-refractivity contribution in [3.05, 3.63) is 29.3 Å². The molecule has 8 heteroatoms. The third-order valence-electron chi connectivity index (χ3n) is 3.94. The first kappa shape index (κ1) is 17.6. The monoisotopic (exact) mass is 332 g/mol. The molecule has 0 bridgehead atoms. The predicted octanol–water partition coefficient (Wildman–Crippen LogP) is -0.367. The Labute approximate surface area is 139 Å². The maximum atomic E-state index is 12.6. The van der Waals surface area contributed by atoms with E-state index in [1.54, 1.807) is 18.2 Å². The molecule has 1 aliphatic heterocycles. The lowest BCUT2D eigenvalue weighted by Gasteiger charge is -2.25. The van der Waals surface area contributed by atoms with E-state index >= 15 is 0 Å². The number of hydrogen-bond donors (Lipinski definition) is 3. The van der Waals surface area contributed by atoms with Gasteiger partial charge in [-0.05, 0) is 18.6 Å². The normalized spacial score (nSPS) is 14.1. The minimum absolute atomic E-state index is 0.165. The van der Waals surface area contributed by atoms with E-state index in [0.29, 0.717) is 16.8 Å². The van der Waals surface area contributed by atoms with Crippen molar-refractivity contribution >= 4 is 29.7 Å². The van der Waals surface area contributed by atoms with Gasteiger partial charge in [0.25, 0.3) is 5.91 Å². The lowest BCUT2D eigenvalue weighted by atomic mass is 10.1. The molecule has 8 nitrogen and oxygen atoms in total. The van der Waals surface area contributed by atoms with Crippen molar-refractivity contribution in [2.75, 3.05) is 18.9 Å². The number of rotatable bonds is 7. The zero-order valence-electron chi connectivity index (χ0n) is 13.4. The molecule has 1 aromatic rings. The highest BCUT2D eigenvalue weighted by molar-refractivity contribution is 6.04. The first-order valence-corrected chi connectivity index (χ1v) is 7.61. The number of carbonyl (C=O) groups is 4. The van der Waals surface area contributed by atoms with Crippen LogP contribution in [0.3, 0.4) is 0 Å². The minimum Gasteiger partial charge on any atom is -0.357 e.